The summed E-state index contributed by atoms with van der Waals surface area (Å²) in [5.41, 5.74) is 0. The summed E-state index contributed by atoms with van der Waals surface area (Å²) >= 11 is 0. The average Bonchev–Trinajstić information content (AvgIpc) is 2.30. The van der Waals surface area contributed by atoms with Gasteiger partial charge in [-0.25, -0.2) is 0 Å². The summed E-state index contributed by atoms with van der Waals surface area (Å²) in [6.45, 7) is 0. The summed E-state index contributed by atoms with van der Waals surface area (Å²) in [7, 11) is 2.38. The van der Waals surface area contributed by atoms with E-state index in [1.807, 2.05) is 0 Å². The van der Waals surface area contributed by atoms with Crippen molar-refractivity contribution in [3.8, 4) is 0 Å². The van der Waals surface area contributed by atoms with Crippen LogP contribution in [-0.2, 0) is 0 Å². The van der Waals surface area contributed by atoms with Crippen LogP contribution in [0.2, 0.25) is 0 Å². The number of rotatable bonds is 2. The Bertz CT molecular complexity index is 142. The highest BCUT2D eigenvalue weighted by Gasteiger charge is 2.24. The Morgan fingerprint density at radius 3 is 1.36 bits per heavy atom. The molecule has 0 bridgehead atoms. The molecule has 0 aromatic carbocycles. The zero-order valence-electron chi connectivity index (χ0n) is 9.67. The van der Waals surface area contributed by atoms with Gasteiger partial charge < -0.3 is 4.81 Å². The van der Waals surface area contributed by atoms with Gasteiger partial charge in [0.2, 0.25) is 0 Å². The van der Waals surface area contributed by atoms with E-state index in [1.54, 1.807) is 0 Å². The third kappa shape index (κ3) is 2.53. The maximum absolute atomic E-state index is 2.72. The Labute approximate surface area is 89.7 Å². The largest absolute Gasteiger partial charge is 0.344 e. The fourth-order valence-electron chi connectivity index (χ4n) is 3.27. The molecule has 80 valence electrons. The van der Waals surface area contributed by atoms with E-state index in [1.165, 1.54) is 64.2 Å². The minimum atomic E-state index is 0.923. The van der Waals surface area contributed by atoms with Gasteiger partial charge in [-0.15, -0.1) is 0 Å². The standard InChI is InChI=1S/C12H24BN/c13-14(11-7-3-1-4-8-11)12-9-5-2-6-10-12/h11-12H,1-10,13H2. The van der Waals surface area contributed by atoms with Crippen LogP contribution in [0, 0.1) is 0 Å². The molecule has 0 heterocycles. The van der Waals surface area contributed by atoms with Crippen LogP contribution in [-0.4, -0.2) is 24.9 Å². The predicted molar refractivity (Wildman–Crippen MR) is 64.1 cm³/mol. The maximum atomic E-state index is 2.72. The van der Waals surface area contributed by atoms with E-state index in [9.17, 15) is 0 Å². The third-order valence-corrected chi connectivity index (χ3v) is 4.30. The van der Waals surface area contributed by atoms with Crippen LogP contribution in [0.1, 0.15) is 64.2 Å². The first-order chi connectivity index (χ1) is 6.88. The molecule has 0 N–H and O–H groups in total. The molecule has 0 spiro atoms. The van der Waals surface area contributed by atoms with Gasteiger partial charge in [0.25, 0.3) is 0 Å². The van der Waals surface area contributed by atoms with Crippen molar-refractivity contribution < 1.29 is 0 Å². The van der Waals surface area contributed by atoms with Crippen LogP contribution in [0.4, 0.5) is 0 Å². The van der Waals surface area contributed by atoms with Gasteiger partial charge >= 0.3 is 0 Å². The molecule has 1 nitrogen and oxygen atoms in total. The van der Waals surface area contributed by atoms with Gasteiger partial charge in [0.15, 0.2) is 7.98 Å². The van der Waals surface area contributed by atoms with E-state index in [2.05, 4.69) is 12.8 Å². The molecule has 2 heteroatoms. The van der Waals surface area contributed by atoms with Gasteiger partial charge in [0, 0.05) is 0 Å². The molecular formula is C12H24BN. The van der Waals surface area contributed by atoms with E-state index in [4.69, 9.17) is 0 Å². The van der Waals surface area contributed by atoms with E-state index in [0.717, 1.165) is 12.1 Å². The van der Waals surface area contributed by atoms with Crippen molar-refractivity contribution in [2.24, 2.45) is 0 Å². The van der Waals surface area contributed by atoms with E-state index in [-0.39, 0.29) is 0 Å². The lowest BCUT2D eigenvalue weighted by atomic mass is 9.86. The Kier molecular flexibility index (Phi) is 3.92. The number of hydrogen-bond donors (Lipinski definition) is 0. The second-order valence-corrected chi connectivity index (χ2v) is 5.25. The molecule has 0 atom stereocenters. The zero-order chi connectivity index (χ0) is 9.80. The highest BCUT2D eigenvalue weighted by molar-refractivity contribution is 6.04. The molecule has 2 aliphatic carbocycles. The molecule has 2 rings (SSSR count). The molecule has 0 saturated heterocycles. The Morgan fingerprint density at radius 2 is 1.00 bits per heavy atom. The molecule has 0 aromatic rings. The first-order valence-electron chi connectivity index (χ1n) is 6.60. The van der Waals surface area contributed by atoms with Gasteiger partial charge in [0.1, 0.15) is 0 Å². The van der Waals surface area contributed by atoms with E-state index < -0.39 is 0 Å². The molecule has 2 saturated carbocycles. The maximum Gasteiger partial charge on any atom is 0.186 e. The molecule has 2 fully saturated rings. The zero-order valence-corrected chi connectivity index (χ0v) is 9.67. The van der Waals surface area contributed by atoms with Crippen molar-refractivity contribution in [3.05, 3.63) is 0 Å². The highest BCUT2D eigenvalue weighted by Crippen LogP contribution is 2.28. The fourth-order valence-corrected chi connectivity index (χ4v) is 3.27. The first kappa shape index (κ1) is 10.5. The fraction of sp³-hybridized carbons (Fsp3) is 1.00. The molecule has 14 heavy (non-hydrogen) atoms. The lowest BCUT2D eigenvalue weighted by molar-refractivity contribution is 0.175. The third-order valence-electron chi connectivity index (χ3n) is 4.30. The van der Waals surface area contributed by atoms with Gasteiger partial charge in [-0.05, 0) is 37.8 Å². The lowest BCUT2D eigenvalue weighted by Gasteiger charge is -2.39. The summed E-state index contributed by atoms with van der Waals surface area (Å²) in [6, 6.07) is 1.85. The van der Waals surface area contributed by atoms with Crippen molar-refractivity contribution >= 4 is 7.98 Å². The monoisotopic (exact) mass is 193 g/mol. The highest BCUT2D eigenvalue weighted by atomic mass is 15.1. The Morgan fingerprint density at radius 1 is 0.643 bits per heavy atom. The molecule has 0 unspecified atom stereocenters. The molecule has 0 aliphatic heterocycles. The smallest absolute Gasteiger partial charge is 0.186 e. The van der Waals surface area contributed by atoms with Crippen molar-refractivity contribution in [1.82, 2.24) is 4.81 Å². The molecule has 0 aromatic heterocycles. The Hall–Kier alpha value is 0.0249. The predicted octanol–water partition coefficient (Wildman–Crippen LogP) is 2.50. The van der Waals surface area contributed by atoms with Crippen LogP contribution >= 0.6 is 0 Å². The van der Waals surface area contributed by atoms with Crippen LogP contribution in [0.3, 0.4) is 0 Å². The minimum absolute atomic E-state index is 0.923. The second-order valence-electron chi connectivity index (χ2n) is 5.25. The van der Waals surface area contributed by atoms with Crippen LogP contribution in [0.5, 0.6) is 0 Å². The van der Waals surface area contributed by atoms with E-state index in [0.29, 0.717) is 0 Å². The van der Waals surface area contributed by atoms with E-state index >= 15 is 0 Å². The van der Waals surface area contributed by atoms with Gasteiger partial charge in [-0.1, -0.05) is 38.5 Å². The van der Waals surface area contributed by atoms with Crippen LogP contribution in [0.25, 0.3) is 0 Å². The SMILES string of the molecule is BN(C1CCCCC1)C1CCCCC1. The van der Waals surface area contributed by atoms with Crippen molar-refractivity contribution in [2.75, 3.05) is 0 Å². The quantitative estimate of drug-likeness (QED) is 0.609. The summed E-state index contributed by atoms with van der Waals surface area (Å²) in [5, 5.41) is 0. The van der Waals surface area contributed by atoms with Crippen molar-refractivity contribution in [1.29, 1.82) is 0 Å². The molecule has 0 amide bonds. The number of nitrogens with zero attached hydrogens (tertiary/aromatic N) is 1. The summed E-state index contributed by atoms with van der Waals surface area (Å²) < 4.78 is 0. The van der Waals surface area contributed by atoms with Crippen LogP contribution < -0.4 is 0 Å². The van der Waals surface area contributed by atoms with Crippen molar-refractivity contribution in [2.45, 2.75) is 76.3 Å². The van der Waals surface area contributed by atoms with Gasteiger partial charge in [-0.3, -0.25) is 0 Å². The average molecular weight is 193 g/mol. The van der Waals surface area contributed by atoms with Crippen LogP contribution in [0.15, 0.2) is 0 Å². The second kappa shape index (κ2) is 5.20. The lowest BCUT2D eigenvalue weighted by Crippen LogP contribution is -2.43. The summed E-state index contributed by atoms with van der Waals surface area (Å²) in [5.74, 6) is 0. The molecule has 0 radical (unpaired) electrons. The summed E-state index contributed by atoms with van der Waals surface area (Å²) in [4.78, 5) is 2.72. The van der Waals surface area contributed by atoms with Gasteiger partial charge in [-0.2, -0.15) is 0 Å². The molecular weight excluding hydrogens is 169 g/mol. The first-order valence-corrected chi connectivity index (χ1v) is 6.60. The number of hydrogen-bond acceptors (Lipinski definition) is 1. The topological polar surface area (TPSA) is 3.24 Å². The Balaban J connectivity index is 1.82. The van der Waals surface area contributed by atoms with Gasteiger partial charge in [0.05, 0.1) is 0 Å². The normalized spacial score (nSPS) is 26.9. The summed E-state index contributed by atoms with van der Waals surface area (Å²) in [6.07, 6.45) is 14.7. The minimum Gasteiger partial charge on any atom is -0.344 e. The molecule has 2 aliphatic rings. The van der Waals surface area contributed by atoms with Crippen molar-refractivity contribution in [3.63, 3.8) is 0 Å².